The lowest BCUT2D eigenvalue weighted by atomic mass is 9.79. The van der Waals surface area contributed by atoms with Gasteiger partial charge in [0, 0.05) is 14.1 Å². The van der Waals surface area contributed by atoms with Crippen LogP contribution in [0.1, 0.15) is 44.1 Å². The maximum atomic E-state index is 14.2. The Morgan fingerprint density at radius 2 is 1.79 bits per heavy atom. The third kappa shape index (κ3) is 2.95. The predicted molar refractivity (Wildman–Crippen MR) is 99.0 cm³/mol. The second-order valence-corrected chi connectivity index (χ2v) is 6.84. The van der Waals surface area contributed by atoms with Crippen molar-refractivity contribution in [1.29, 1.82) is 0 Å². The molecule has 0 fully saturated rings. The number of carbonyl (C=O) groups excluding carboxylic acids is 1. The minimum Gasteiger partial charge on any atom is -0.478 e. The molecule has 7 nitrogen and oxygen atoms in total. The third-order valence-electron chi connectivity index (χ3n) is 5.19. The van der Waals surface area contributed by atoms with Gasteiger partial charge in [-0.05, 0) is 29.8 Å². The molecule has 0 aliphatic carbocycles. The van der Waals surface area contributed by atoms with Gasteiger partial charge < -0.3 is 10.0 Å². The van der Waals surface area contributed by atoms with Gasteiger partial charge in [0.1, 0.15) is 29.7 Å². The zero-order chi connectivity index (χ0) is 20.9. The molecule has 0 amide bonds. The number of rotatable bonds is 3. The first-order chi connectivity index (χ1) is 13.8. The molecule has 2 aromatic carbocycles. The Bertz CT molecular complexity index is 1130. The number of carboxylic acids is 1. The zero-order valence-electron chi connectivity index (χ0n) is 15.5. The molecule has 1 N–H and O–H groups in total. The van der Waals surface area contributed by atoms with E-state index in [0.717, 1.165) is 12.1 Å². The van der Waals surface area contributed by atoms with Gasteiger partial charge in [0.2, 0.25) is 0 Å². The van der Waals surface area contributed by atoms with E-state index in [4.69, 9.17) is 0 Å². The number of aryl methyl sites for hydroxylation is 1. The number of anilines is 1. The van der Waals surface area contributed by atoms with E-state index in [1.807, 2.05) is 0 Å². The average Bonchev–Trinajstić information content (AvgIpc) is 3.10. The molecule has 0 bridgehead atoms. The smallest absolute Gasteiger partial charge is 0.336 e. The molecule has 0 saturated carbocycles. The number of hydrogen-bond acceptors (Lipinski definition) is 5. The number of hydrogen-bond donors (Lipinski definition) is 1. The Hall–Kier alpha value is -3.62. The number of nitrogens with zero attached hydrogens (tertiary/aromatic N) is 4. The van der Waals surface area contributed by atoms with E-state index in [0.29, 0.717) is 11.4 Å². The summed E-state index contributed by atoms with van der Waals surface area (Å²) in [6.45, 7) is 0. The lowest BCUT2D eigenvalue weighted by Gasteiger charge is -2.40. The van der Waals surface area contributed by atoms with Crippen molar-refractivity contribution in [2.75, 3.05) is 11.9 Å². The van der Waals surface area contributed by atoms with Crippen LogP contribution >= 0.6 is 0 Å². The molecule has 2 atom stereocenters. The number of benzene rings is 2. The maximum absolute atomic E-state index is 14.2. The van der Waals surface area contributed by atoms with Crippen molar-refractivity contribution in [3.8, 4) is 0 Å². The Kier molecular flexibility index (Phi) is 4.37. The zero-order valence-corrected chi connectivity index (χ0v) is 15.5. The minimum absolute atomic E-state index is 0.0900. The highest BCUT2D eigenvalue weighted by atomic mass is 19.1. The summed E-state index contributed by atoms with van der Waals surface area (Å²) in [5.41, 5.74) is 0.247. The van der Waals surface area contributed by atoms with E-state index in [-0.39, 0.29) is 11.3 Å². The fourth-order valence-corrected chi connectivity index (χ4v) is 3.89. The Morgan fingerprint density at radius 1 is 1.10 bits per heavy atom. The van der Waals surface area contributed by atoms with Crippen LogP contribution < -0.4 is 4.90 Å². The number of Topliss-reactive ketones (excluding diaryl/α,β-unsaturated/α-hetero) is 1. The van der Waals surface area contributed by atoms with Gasteiger partial charge in [-0.25, -0.2) is 18.6 Å². The molecule has 0 saturated heterocycles. The van der Waals surface area contributed by atoms with Crippen molar-refractivity contribution in [3.63, 3.8) is 0 Å². The van der Waals surface area contributed by atoms with Crippen LogP contribution in [0.4, 0.5) is 14.5 Å². The summed E-state index contributed by atoms with van der Waals surface area (Å²) in [4.78, 5) is 31.1. The summed E-state index contributed by atoms with van der Waals surface area (Å²) in [5.74, 6) is -3.72. The lowest BCUT2D eigenvalue weighted by Crippen LogP contribution is -2.41. The SMILES string of the molecule is CN1c2cc(F)cc(C(=O)O)c2C(=O)[C@H](c2ncnn2C)[C@H]1c1ccc(F)cc1. The fraction of sp³-hybridized carbons (Fsp3) is 0.200. The Balaban J connectivity index is 2.00. The van der Waals surface area contributed by atoms with Crippen LogP contribution in [-0.2, 0) is 7.05 Å². The van der Waals surface area contributed by atoms with Crippen LogP contribution in [-0.4, -0.2) is 38.7 Å². The first-order valence-corrected chi connectivity index (χ1v) is 8.73. The number of aromatic carboxylic acids is 1. The molecular weight excluding hydrogens is 382 g/mol. The molecule has 0 unspecified atom stereocenters. The second-order valence-electron chi connectivity index (χ2n) is 6.84. The van der Waals surface area contributed by atoms with E-state index in [9.17, 15) is 23.5 Å². The van der Waals surface area contributed by atoms with Crippen molar-refractivity contribution >= 4 is 17.4 Å². The van der Waals surface area contributed by atoms with Gasteiger partial charge in [0.05, 0.1) is 22.9 Å². The van der Waals surface area contributed by atoms with Gasteiger partial charge in [0.25, 0.3) is 0 Å². The highest BCUT2D eigenvalue weighted by Crippen LogP contribution is 2.46. The van der Waals surface area contributed by atoms with Crippen molar-refractivity contribution in [2.24, 2.45) is 7.05 Å². The molecule has 9 heteroatoms. The number of carbonyl (C=O) groups is 2. The first kappa shape index (κ1) is 18.7. The van der Waals surface area contributed by atoms with E-state index in [1.165, 1.54) is 35.3 Å². The van der Waals surface area contributed by atoms with Gasteiger partial charge >= 0.3 is 5.97 Å². The van der Waals surface area contributed by atoms with Crippen LogP contribution in [0.25, 0.3) is 0 Å². The number of halogens is 2. The van der Waals surface area contributed by atoms with Gasteiger partial charge in [-0.2, -0.15) is 5.10 Å². The number of likely N-dealkylation sites (N-methyl/N-ethyl adjacent to an activating group) is 1. The summed E-state index contributed by atoms with van der Waals surface area (Å²) < 4.78 is 29.1. The molecule has 0 spiro atoms. The van der Waals surface area contributed by atoms with E-state index < -0.39 is 40.9 Å². The van der Waals surface area contributed by atoms with Crippen molar-refractivity contribution in [3.05, 3.63) is 76.9 Å². The molecular formula is C20H16F2N4O3. The summed E-state index contributed by atoms with van der Waals surface area (Å²) in [5, 5.41) is 13.6. The second kappa shape index (κ2) is 6.77. The van der Waals surface area contributed by atoms with Crippen molar-refractivity contribution < 1.29 is 23.5 Å². The van der Waals surface area contributed by atoms with E-state index in [1.54, 1.807) is 19.0 Å². The topological polar surface area (TPSA) is 88.3 Å². The van der Waals surface area contributed by atoms with Gasteiger partial charge in [-0.3, -0.25) is 9.48 Å². The van der Waals surface area contributed by atoms with Gasteiger partial charge in [-0.15, -0.1) is 0 Å². The van der Waals surface area contributed by atoms with Gasteiger partial charge in [0.15, 0.2) is 5.78 Å². The summed E-state index contributed by atoms with van der Waals surface area (Å²) in [7, 11) is 3.25. The van der Waals surface area contributed by atoms with Crippen LogP contribution in [0, 0.1) is 11.6 Å². The normalized spacial score (nSPS) is 18.6. The molecule has 2 heterocycles. The van der Waals surface area contributed by atoms with Crippen molar-refractivity contribution in [1.82, 2.24) is 14.8 Å². The monoisotopic (exact) mass is 398 g/mol. The fourth-order valence-electron chi connectivity index (χ4n) is 3.89. The van der Waals surface area contributed by atoms with Gasteiger partial charge in [-0.1, -0.05) is 12.1 Å². The van der Waals surface area contributed by atoms with E-state index in [2.05, 4.69) is 10.1 Å². The largest absolute Gasteiger partial charge is 0.478 e. The van der Waals surface area contributed by atoms with Crippen LogP contribution in [0.15, 0.2) is 42.7 Å². The molecule has 29 heavy (non-hydrogen) atoms. The maximum Gasteiger partial charge on any atom is 0.336 e. The third-order valence-corrected chi connectivity index (χ3v) is 5.19. The average molecular weight is 398 g/mol. The summed E-state index contributed by atoms with van der Waals surface area (Å²) in [6.07, 6.45) is 1.29. The number of aromatic nitrogens is 3. The van der Waals surface area contributed by atoms with Crippen LogP contribution in [0.5, 0.6) is 0 Å². The van der Waals surface area contributed by atoms with Crippen molar-refractivity contribution in [2.45, 2.75) is 12.0 Å². The highest BCUT2D eigenvalue weighted by Gasteiger charge is 2.45. The quantitative estimate of drug-likeness (QED) is 0.730. The predicted octanol–water partition coefficient (Wildman–Crippen LogP) is 2.95. The molecule has 4 rings (SSSR count). The summed E-state index contributed by atoms with van der Waals surface area (Å²) >= 11 is 0. The molecule has 0 radical (unpaired) electrons. The molecule has 1 aromatic heterocycles. The molecule has 3 aromatic rings. The minimum atomic E-state index is -1.40. The standard InChI is InChI=1S/C20H16F2N4O3/c1-25-14-8-12(22)7-13(20(28)29)15(14)18(27)16(19-23-9-24-26(19)2)17(25)10-3-5-11(21)6-4-10/h3-9,16-17H,1-2H3,(H,28,29)/t16-,17-/m1/s1. The molecule has 148 valence electrons. The Labute approximate surface area is 164 Å². The first-order valence-electron chi connectivity index (χ1n) is 8.73. The molecule has 1 aliphatic heterocycles. The lowest BCUT2D eigenvalue weighted by molar-refractivity contribution is 0.0689. The Morgan fingerprint density at radius 3 is 2.38 bits per heavy atom. The van der Waals surface area contributed by atoms with Crippen LogP contribution in [0.2, 0.25) is 0 Å². The summed E-state index contributed by atoms with van der Waals surface area (Å²) in [6, 6.07) is 6.91. The van der Waals surface area contributed by atoms with Crippen LogP contribution in [0.3, 0.4) is 0 Å². The number of ketones is 1. The molecule has 1 aliphatic rings. The number of carboxylic acid groups (broad SMARTS) is 1. The highest BCUT2D eigenvalue weighted by molar-refractivity contribution is 6.14. The number of fused-ring (bicyclic) bond motifs is 1. The van der Waals surface area contributed by atoms with E-state index >= 15 is 0 Å².